The van der Waals surface area contributed by atoms with Crippen LogP contribution in [0.25, 0.3) is 0 Å². The maximum absolute atomic E-state index is 5.71. The van der Waals surface area contributed by atoms with Gasteiger partial charge < -0.3 is 10.1 Å². The molecule has 0 bridgehead atoms. The highest BCUT2D eigenvalue weighted by molar-refractivity contribution is 5.29. The molecule has 1 aromatic heterocycles. The number of nitrogens with one attached hydrogen (secondary N) is 1. The first kappa shape index (κ1) is 10.4. The molecule has 1 fully saturated rings. The summed E-state index contributed by atoms with van der Waals surface area (Å²) in [6.07, 6.45) is 4.39. The largest absolute Gasteiger partial charge is 0.475 e. The zero-order valence-corrected chi connectivity index (χ0v) is 9.36. The van der Waals surface area contributed by atoms with E-state index in [1.165, 1.54) is 18.4 Å². The molecular weight excluding hydrogens is 188 g/mol. The highest BCUT2D eigenvalue weighted by Gasteiger charge is 2.20. The molecule has 0 spiro atoms. The molecule has 3 nitrogen and oxygen atoms in total. The van der Waals surface area contributed by atoms with Crippen LogP contribution < -0.4 is 10.1 Å². The molecule has 3 heteroatoms. The fourth-order valence-corrected chi connectivity index (χ4v) is 1.94. The van der Waals surface area contributed by atoms with Crippen molar-refractivity contribution in [2.75, 3.05) is 6.54 Å². The third-order valence-corrected chi connectivity index (χ3v) is 2.58. The molecule has 1 saturated heterocycles. The van der Waals surface area contributed by atoms with Gasteiger partial charge in [-0.3, -0.25) is 0 Å². The van der Waals surface area contributed by atoms with Crippen LogP contribution in [-0.2, 0) is 0 Å². The maximum Gasteiger partial charge on any atom is 0.218 e. The van der Waals surface area contributed by atoms with Crippen LogP contribution in [0.3, 0.4) is 0 Å². The zero-order chi connectivity index (χ0) is 10.7. The Morgan fingerprint density at radius 3 is 3.07 bits per heavy atom. The molecule has 0 aromatic carbocycles. The van der Waals surface area contributed by atoms with Crippen molar-refractivity contribution in [3.63, 3.8) is 0 Å². The van der Waals surface area contributed by atoms with Crippen LogP contribution in [0.2, 0.25) is 0 Å². The van der Waals surface area contributed by atoms with Crippen molar-refractivity contribution in [1.29, 1.82) is 0 Å². The molecule has 1 aromatic rings. The minimum Gasteiger partial charge on any atom is -0.475 e. The second kappa shape index (κ2) is 4.62. The molecule has 0 radical (unpaired) electrons. The normalized spacial score (nSPS) is 20.9. The van der Waals surface area contributed by atoms with Gasteiger partial charge in [-0.2, -0.15) is 0 Å². The van der Waals surface area contributed by atoms with Gasteiger partial charge in [0.2, 0.25) is 5.88 Å². The van der Waals surface area contributed by atoms with Crippen LogP contribution >= 0.6 is 0 Å². The van der Waals surface area contributed by atoms with Crippen LogP contribution in [0, 0.1) is 0 Å². The van der Waals surface area contributed by atoms with Crippen molar-refractivity contribution in [3.05, 3.63) is 23.9 Å². The average Bonchev–Trinajstić information content (AvgIpc) is 2.70. The first-order chi connectivity index (χ1) is 7.27. The number of hydrogen-bond acceptors (Lipinski definition) is 3. The van der Waals surface area contributed by atoms with E-state index in [1.54, 1.807) is 6.20 Å². The summed E-state index contributed by atoms with van der Waals surface area (Å²) in [6, 6.07) is 4.50. The van der Waals surface area contributed by atoms with Gasteiger partial charge in [-0.1, -0.05) is 6.07 Å². The molecule has 2 rings (SSSR count). The van der Waals surface area contributed by atoms with Gasteiger partial charge in [0.25, 0.3) is 0 Å². The third-order valence-electron chi connectivity index (χ3n) is 2.58. The number of hydrogen-bond donors (Lipinski definition) is 1. The monoisotopic (exact) mass is 206 g/mol. The number of ether oxygens (including phenoxy) is 1. The minimum atomic E-state index is 0.181. The van der Waals surface area contributed by atoms with Crippen LogP contribution in [-0.4, -0.2) is 17.6 Å². The van der Waals surface area contributed by atoms with E-state index in [1.807, 2.05) is 19.9 Å². The number of aromatic nitrogens is 1. The summed E-state index contributed by atoms with van der Waals surface area (Å²) in [5, 5.41) is 3.47. The molecule has 82 valence electrons. The predicted molar refractivity (Wildman–Crippen MR) is 60.0 cm³/mol. The van der Waals surface area contributed by atoms with Gasteiger partial charge in [-0.25, -0.2) is 4.98 Å². The second-order valence-electron chi connectivity index (χ2n) is 4.21. The Bertz CT molecular complexity index is 319. The maximum atomic E-state index is 5.71. The molecule has 2 heterocycles. The predicted octanol–water partition coefficient (Wildman–Crippen LogP) is 2.29. The van der Waals surface area contributed by atoms with Gasteiger partial charge in [-0.15, -0.1) is 0 Å². The van der Waals surface area contributed by atoms with Gasteiger partial charge in [0.05, 0.1) is 6.10 Å². The van der Waals surface area contributed by atoms with Crippen molar-refractivity contribution >= 4 is 0 Å². The third kappa shape index (κ3) is 2.48. The Kier molecular flexibility index (Phi) is 3.21. The first-order valence-corrected chi connectivity index (χ1v) is 5.62. The minimum absolute atomic E-state index is 0.181. The summed E-state index contributed by atoms with van der Waals surface area (Å²) in [6.45, 7) is 5.15. The molecule has 0 unspecified atom stereocenters. The summed E-state index contributed by atoms with van der Waals surface area (Å²) < 4.78 is 5.71. The van der Waals surface area contributed by atoms with Crippen LogP contribution in [0.4, 0.5) is 0 Å². The van der Waals surface area contributed by atoms with E-state index in [9.17, 15) is 0 Å². The van der Waals surface area contributed by atoms with Crippen LogP contribution in [0.5, 0.6) is 5.88 Å². The summed E-state index contributed by atoms with van der Waals surface area (Å²) in [5.74, 6) is 0.784. The Labute approximate surface area is 90.9 Å². The van der Waals surface area contributed by atoms with Gasteiger partial charge in [0, 0.05) is 17.8 Å². The number of pyridine rings is 1. The van der Waals surface area contributed by atoms with Crippen molar-refractivity contribution in [1.82, 2.24) is 10.3 Å². The molecule has 0 amide bonds. The number of rotatable bonds is 3. The van der Waals surface area contributed by atoms with E-state index in [0.717, 1.165) is 12.4 Å². The summed E-state index contributed by atoms with van der Waals surface area (Å²) in [4.78, 5) is 4.30. The lowest BCUT2D eigenvalue weighted by Gasteiger charge is -2.16. The average molecular weight is 206 g/mol. The van der Waals surface area contributed by atoms with E-state index in [4.69, 9.17) is 4.74 Å². The standard InChI is InChI=1S/C12H18N2O/c1-9(2)15-12-10(5-3-8-14-12)11-6-4-7-13-11/h3,5,8-9,11,13H,4,6-7H2,1-2H3/t11-/m1/s1. The fraction of sp³-hybridized carbons (Fsp3) is 0.583. The van der Waals surface area contributed by atoms with Crippen molar-refractivity contribution < 1.29 is 4.74 Å². The molecular formula is C12H18N2O. The van der Waals surface area contributed by atoms with Gasteiger partial charge in [0.15, 0.2) is 0 Å². The van der Waals surface area contributed by atoms with Crippen LogP contribution in [0.15, 0.2) is 18.3 Å². The highest BCUT2D eigenvalue weighted by Crippen LogP contribution is 2.29. The van der Waals surface area contributed by atoms with E-state index in [-0.39, 0.29) is 6.10 Å². The highest BCUT2D eigenvalue weighted by atomic mass is 16.5. The van der Waals surface area contributed by atoms with E-state index in [2.05, 4.69) is 16.4 Å². The van der Waals surface area contributed by atoms with Gasteiger partial charge >= 0.3 is 0 Å². The van der Waals surface area contributed by atoms with Crippen molar-refractivity contribution in [2.24, 2.45) is 0 Å². The van der Waals surface area contributed by atoms with Crippen molar-refractivity contribution in [3.8, 4) is 5.88 Å². The Morgan fingerprint density at radius 1 is 1.53 bits per heavy atom. The second-order valence-corrected chi connectivity index (χ2v) is 4.21. The lowest BCUT2D eigenvalue weighted by Crippen LogP contribution is -2.16. The SMILES string of the molecule is CC(C)Oc1ncccc1[C@H]1CCCN1. The molecule has 1 atom stereocenters. The van der Waals surface area contributed by atoms with Gasteiger partial charge in [-0.05, 0) is 39.3 Å². The lowest BCUT2D eigenvalue weighted by molar-refractivity contribution is 0.228. The summed E-state index contributed by atoms with van der Waals surface area (Å²) in [5.41, 5.74) is 1.20. The quantitative estimate of drug-likeness (QED) is 0.824. The molecule has 1 aliphatic rings. The number of nitrogens with zero attached hydrogens (tertiary/aromatic N) is 1. The summed E-state index contributed by atoms with van der Waals surface area (Å²) >= 11 is 0. The van der Waals surface area contributed by atoms with Gasteiger partial charge in [0.1, 0.15) is 0 Å². The van der Waals surface area contributed by atoms with Crippen molar-refractivity contribution in [2.45, 2.75) is 38.8 Å². The zero-order valence-electron chi connectivity index (χ0n) is 9.36. The smallest absolute Gasteiger partial charge is 0.218 e. The summed E-state index contributed by atoms with van der Waals surface area (Å²) in [7, 11) is 0. The topological polar surface area (TPSA) is 34.1 Å². The Morgan fingerprint density at radius 2 is 2.40 bits per heavy atom. The lowest BCUT2D eigenvalue weighted by atomic mass is 10.1. The van der Waals surface area contributed by atoms with E-state index < -0.39 is 0 Å². The Hall–Kier alpha value is -1.09. The molecule has 0 saturated carbocycles. The fourth-order valence-electron chi connectivity index (χ4n) is 1.94. The Balaban J connectivity index is 2.20. The molecule has 0 aliphatic carbocycles. The molecule has 15 heavy (non-hydrogen) atoms. The molecule has 1 aliphatic heterocycles. The van der Waals surface area contributed by atoms with E-state index >= 15 is 0 Å². The van der Waals surface area contributed by atoms with Crippen LogP contribution in [0.1, 0.15) is 38.3 Å². The first-order valence-electron chi connectivity index (χ1n) is 5.62. The molecule has 1 N–H and O–H groups in total. The van der Waals surface area contributed by atoms with E-state index in [0.29, 0.717) is 6.04 Å².